The summed E-state index contributed by atoms with van der Waals surface area (Å²) in [7, 11) is 0. The van der Waals surface area contributed by atoms with Crippen LogP contribution in [0.4, 0.5) is 8.78 Å². The van der Waals surface area contributed by atoms with E-state index in [-0.39, 0.29) is 29.0 Å². The highest BCUT2D eigenvalue weighted by molar-refractivity contribution is 6.03. The number of fused-ring (bicyclic) bond motifs is 3. The van der Waals surface area contributed by atoms with Crippen molar-refractivity contribution >= 4 is 21.7 Å². The number of rotatable bonds is 4. The quantitative estimate of drug-likeness (QED) is 0.353. The molecule has 2 aromatic carbocycles. The van der Waals surface area contributed by atoms with Crippen molar-refractivity contribution < 1.29 is 13.9 Å². The molecule has 4 fully saturated rings. The van der Waals surface area contributed by atoms with Crippen LogP contribution in [0, 0.1) is 35.8 Å². The van der Waals surface area contributed by atoms with Crippen molar-refractivity contribution in [3.8, 4) is 29.4 Å². The third-order valence-electron chi connectivity index (χ3n) is 9.08. The van der Waals surface area contributed by atoms with Crippen LogP contribution in [0.15, 0.2) is 24.3 Å². The van der Waals surface area contributed by atoms with Crippen molar-refractivity contribution in [1.29, 1.82) is 0 Å². The molecule has 3 atom stereocenters. The van der Waals surface area contributed by atoms with Gasteiger partial charge in [0.05, 0.1) is 23.0 Å². The van der Waals surface area contributed by atoms with E-state index in [0.717, 1.165) is 62.0 Å². The first-order valence-corrected chi connectivity index (χ1v) is 13.3. The minimum Gasteiger partial charge on any atom is -0.508 e. The van der Waals surface area contributed by atoms with Crippen molar-refractivity contribution in [2.75, 3.05) is 13.1 Å². The van der Waals surface area contributed by atoms with Crippen LogP contribution < -0.4 is 5.32 Å². The first kappa shape index (κ1) is 21.6. The standard InChI is InChI=1S/C30H26F2N4O/c1-2-18-22(31)9-6-15-10-17(37)11-19(23(15)18)28-26(32)30-25(27(34-28)14-4-3-5-14)29(35-36(30)16-7-8-16)24-20-12-33-13-21(20)24/h1,6,9-11,14,16,20-21,24,33,37H,3-5,7-8,12-13H2/t20-,21+,24?. The molecule has 0 spiro atoms. The number of hydrogen-bond donors (Lipinski definition) is 2. The average molecular weight is 497 g/mol. The van der Waals surface area contributed by atoms with Crippen LogP contribution in [0.1, 0.15) is 66.9 Å². The topological polar surface area (TPSA) is 63.0 Å². The molecule has 0 amide bonds. The van der Waals surface area contributed by atoms with E-state index in [1.54, 1.807) is 6.07 Å². The number of piperidine rings is 1. The molecule has 0 radical (unpaired) electrons. The second kappa shape index (κ2) is 7.52. The van der Waals surface area contributed by atoms with Crippen LogP contribution in [0.25, 0.3) is 32.9 Å². The number of pyridine rings is 1. The molecule has 4 aliphatic rings. The molecular formula is C30H26F2N4O. The number of aromatic nitrogens is 3. The molecule has 3 saturated carbocycles. The van der Waals surface area contributed by atoms with Gasteiger partial charge in [-0.3, -0.25) is 4.68 Å². The molecule has 3 aliphatic carbocycles. The maximum atomic E-state index is 16.8. The average Bonchev–Trinajstić information content (AvgIpc) is 3.73. The summed E-state index contributed by atoms with van der Waals surface area (Å²) in [6.07, 6.45) is 10.8. The Morgan fingerprint density at radius 1 is 1.03 bits per heavy atom. The molecular weight excluding hydrogens is 470 g/mol. The predicted molar refractivity (Wildman–Crippen MR) is 137 cm³/mol. The minimum atomic E-state index is -0.554. The number of benzene rings is 2. The molecule has 0 bridgehead atoms. The Balaban J connectivity index is 1.46. The van der Waals surface area contributed by atoms with Gasteiger partial charge in [-0.15, -0.1) is 6.42 Å². The number of nitrogens with zero attached hydrogens (tertiary/aromatic N) is 3. The first-order valence-electron chi connectivity index (χ1n) is 13.3. The number of halogens is 2. The Hall–Kier alpha value is -3.50. The van der Waals surface area contributed by atoms with E-state index < -0.39 is 11.6 Å². The lowest BCUT2D eigenvalue weighted by atomic mass is 9.80. The van der Waals surface area contributed by atoms with E-state index in [2.05, 4.69) is 11.2 Å². The van der Waals surface area contributed by atoms with E-state index in [1.807, 2.05) is 4.68 Å². The Bertz CT molecular complexity index is 1670. The Morgan fingerprint density at radius 2 is 1.81 bits per heavy atom. The van der Waals surface area contributed by atoms with Crippen LogP contribution in [-0.2, 0) is 0 Å². The highest BCUT2D eigenvalue weighted by atomic mass is 19.1. The molecule has 1 aliphatic heterocycles. The molecule has 2 N–H and O–H groups in total. The molecule has 7 heteroatoms. The van der Waals surface area contributed by atoms with Gasteiger partial charge in [0, 0.05) is 28.2 Å². The van der Waals surface area contributed by atoms with Crippen molar-refractivity contribution in [2.45, 2.75) is 50.0 Å². The predicted octanol–water partition coefficient (Wildman–Crippen LogP) is 5.75. The molecule has 3 heterocycles. The summed E-state index contributed by atoms with van der Waals surface area (Å²) >= 11 is 0. The van der Waals surface area contributed by atoms with Gasteiger partial charge in [-0.25, -0.2) is 13.8 Å². The molecule has 37 heavy (non-hydrogen) atoms. The number of hydrogen-bond acceptors (Lipinski definition) is 4. The molecule has 1 saturated heterocycles. The van der Waals surface area contributed by atoms with Crippen LogP contribution in [0.2, 0.25) is 0 Å². The van der Waals surface area contributed by atoms with E-state index in [0.29, 0.717) is 39.6 Å². The zero-order valence-electron chi connectivity index (χ0n) is 20.3. The molecule has 5 nitrogen and oxygen atoms in total. The Labute approximate surface area is 212 Å². The summed E-state index contributed by atoms with van der Waals surface area (Å²) in [4.78, 5) is 5.00. The maximum absolute atomic E-state index is 16.8. The fourth-order valence-corrected chi connectivity index (χ4v) is 6.80. The monoisotopic (exact) mass is 496 g/mol. The molecule has 4 aromatic rings. The van der Waals surface area contributed by atoms with Crippen molar-refractivity contribution in [3.63, 3.8) is 0 Å². The number of nitrogens with one attached hydrogen (secondary N) is 1. The number of phenols is 1. The van der Waals surface area contributed by atoms with Crippen molar-refractivity contribution in [1.82, 2.24) is 20.1 Å². The van der Waals surface area contributed by atoms with Crippen LogP contribution >= 0.6 is 0 Å². The summed E-state index contributed by atoms with van der Waals surface area (Å²) in [5.41, 5.74) is 2.90. The van der Waals surface area contributed by atoms with E-state index >= 15 is 4.39 Å². The zero-order chi connectivity index (χ0) is 25.0. The number of aromatic hydroxyl groups is 1. The minimum absolute atomic E-state index is 0.0433. The van der Waals surface area contributed by atoms with Gasteiger partial charge < -0.3 is 10.4 Å². The second-order valence-corrected chi connectivity index (χ2v) is 11.2. The molecule has 186 valence electrons. The third-order valence-corrected chi connectivity index (χ3v) is 9.08. The lowest BCUT2D eigenvalue weighted by molar-refractivity contribution is 0.413. The van der Waals surface area contributed by atoms with Gasteiger partial charge in [0.15, 0.2) is 5.82 Å². The lowest BCUT2D eigenvalue weighted by Crippen LogP contribution is -2.15. The smallest absolute Gasteiger partial charge is 0.175 e. The number of phenolic OH excluding ortho intramolecular Hbond substituents is 1. The lowest BCUT2D eigenvalue weighted by Gasteiger charge is -2.26. The first-order chi connectivity index (χ1) is 18.0. The van der Waals surface area contributed by atoms with Gasteiger partial charge in [0.2, 0.25) is 0 Å². The van der Waals surface area contributed by atoms with Gasteiger partial charge in [-0.1, -0.05) is 18.4 Å². The summed E-state index contributed by atoms with van der Waals surface area (Å²) < 4.78 is 33.5. The van der Waals surface area contributed by atoms with Gasteiger partial charge in [-0.05, 0) is 74.2 Å². The summed E-state index contributed by atoms with van der Waals surface area (Å²) in [5, 5.41) is 20.9. The van der Waals surface area contributed by atoms with Gasteiger partial charge in [0.25, 0.3) is 0 Å². The van der Waals surface area contributed by atoms with Gasteiger partial charge in [-0.2, -0.15) is 5.10 Å². The summed E-state index contributed by atoms with van der Waals surface area (Å²) in [6, 6.07) is 6.01. The van der Waals surface area contributed by atoms with Gasteiger partial charge >= 0.3 is 0 Å². The number of terminal acetylenes is 1. The van der Waals surface area contributed by atoms with Crippen molar-refractivity contribution in [2.24, 2.45) is 11.8 Å². The Morgan fingerprint density at radius 3 is 2.49 bits per heavy atom. The van der Waals surface area contributed by atoms with Crippen LogP contribution in [0.5, 0.6) is 5.75 Å². The molecule has 1 unspecified atom stereocenters. The fraction of sp³-hybridized carbons (Fsp3) is 0.400. The van der Waals surface area contributed by atoms with Crippen LogP contribution in [0.3, 0.4) is 0 Å². The fourth-order valence-electron chi connectivity index (χ4n) is 6.80. The highest BCUT2D eigenvalue weighted by Gasteiger charge is 2.56. The summed E-state index contributed by atoms with van der Waals surface area (Å²) in [6.45, 7) is 1.96. The van der Waals surface area contributed by atoms with Crippen LogP contribution in [-0.4, -0.2) is 33.0 Å². The molecule has 8 rings (SSSR count). The largest absolute Gasteiger partial charge is 0.508 e. The highest BCUT2D eigenvalue weighted by Crippen LogP contribution is 2.58. The Kier molecular flexibility index (Phi) is 4.38. The summed E-state index contributed by atoms with van der Waals surface area (Å²) in [5.74, 6) is 3.07. The normalized spacial score (nSPS) is 24.8. The second-order valence-electron chi connectivity index (χ2n) is 11.2. The molecule has 2 aromatic heterocycles. The van der Waals surface area contributed by atoms with E-state index in [4.69, 9.17) is 16.5 Å². The van der Waals surface area contributed by atoms with Gasteiger partial charge in [0.1, 0.15) is 22.8 Å². The third kappa shape index (κ3) is 2.99. The van der Waals surface area contributed by atoms with Crippen molar-refractivity contribution in [3.05, 3.63) is 52.9 Å². The maximum Gasteiger partial charge on any atom is 0.175 e. The van der Waals surface area contributed by atoms with E-state index in [1.165, 1.54) is 18.2 Å². The SMILES string of the molecule is C#Cc1c(F)ccc2cc(O)cc(-c3nc(C4CCC4)c4c(C5[C@H]6CNC[C@@H]56)nn(C5CC5)c4c3F)c12. The van der Waals surface area contributed by atoms with E-state index in [9.17, 15) is 9.50 Å². The zero-order valence-corrected chi connectivity index (χ0v) is 20.3.